The summed E-state index contributed by atoms with van der Waals surface area (Å²) < 4.78 is 5.67. The van der Waals surface area contributed by atoms with Crippen LogP contribution in [0.5, 0.6) is 0 Å². The van der Waals surface area contributed by atoms with Crippen molar-refractivity contribution in [1.29, 1.82) is 0 Å². The highest BCUT2D eigenvalue weighted by Crippen LogP contribution is 2.24. The van der Waals surface area contributed by atoms with Crippen LogP contribution in [0.3, 0.4) is 0 Å². The molecule has 0 unspecified atom stereocenters. The number of benzene rings is 1. The van der Waals surface area contributed by atoms with Gasteiger partial charge in [-0.1, -0.05) is 27.5 Å². The fraction of sp³-hybridized carbons (Fsp3) is 0. The molecule has 0 bridgehead atoms. The van der Waals surface area contributed by atoms with Gasteiger partial charge in [0.05, 0.1) is 5.02 Å². The van der Waals surface area contributed by atoms with Crippen LogP contribution in [-0.4, -0.2) is 16.9 Å². The van der Waals surface area contributed by atoms with E-state index in [2.05, 4.69) is 15.9 Å². The summed E-state index contributed by atoms with van der Waals surface area (Å²) in [7, 11) is 0. The molecule has 6 heteroatoms. The molecule has 0 aliphatic carbocycles. The summed E-state index contributed by atoms with van der Waals surface area (Å²) in [6.45, 7) is 0. The molecule has 18 heavy (non-hydrogen) atoms. The Morgan fingerprint density at radius 2 is 1.83 bits per heavy atom. The third kappa shape index (κ3) is 2.47. The van der Waals surface area contributed by atoms with Crippen molar-refractivity contribution in [1.82, 2.24) is 0 Å². The molecule has 2 aromatic rings. The average Bonchev–Trinajstić information content (AvgIpc) is 2.77. The maximum absolute atomic E-state index is 12.0. The van der Waals surface area contributed by atoms with Crippen molar-refractivity contribution in [2.45, 2.75) is 0 Å². The van der Waals surface area contributed by atoms with E-state index in [1.807, 2.05) is 0 Å². The van der Waals surface area contributed by atoms with E-state index < -0.39 is 11.8 Å². The van der Waals surface area contributed by atoms with Crippen molar-refractivity contribution in [3.63, 3.8) is 0 Å². The zero-order valence-corrected chi connectivity index (χ0v) is 11.2. The maximum Gasteiger partial charge on any atom is 0.371 e. The normalized spacial score (nSPS) is 10.3. The van der Waals surface area contributed by atoms with E-state index in [9.17, 15) is 9.59 Å². The standard InChI is InChI=1S/C12H6BrClO4/c13-6-1-2-7(8(14)5-6)11(15)9-3-4-10(18-9)12(16)17/h1-5H,(H,16,17). The van der Waals surface area contributed by atoms with Gasteiger partial charge < -0.3 is 9.52 Å². The Hall–Kier alpha value is -1.59. The Balaban J connectivity index is 2.38. The first-order valence-corrected chi connectivity index (χ1v) is 5.99. The lowest BCUT2D eigenvalue weighted by atomic mass is 10.1. The first kappa shape index (κ1) is 12.9. The number of hydrogen-bond donors (Lipinski definition) is 1. The van der Waals surface area contributed by atoms with Crippen LogP contribution in [0.4, 0.5) is 0 Å². The summed E-state index contributed by atoms with van der Waals surface area (Å²) in [4.78, 5) is 22.7. The van der Waals surface area contributed by atoms with Crippen molar-refractivity contribution >= 4 is 39.3 Å². The maximum atomic E-state index is 12.0. The monoisotopic (exact) mass is 328 g/mol. The minimum Gasteiger partial charge on any atom is -0.475 e. The number of carboxylic acids is 1. The van der Waals surface area contributed by atoms with Gasteiger partial charge in [-0.25, -0.2) is 4.79 Å². The topological polar surface area (TPSA) is 67.5 Å². The Morgan fingerprint density at radius 3 is 2.39 bits per heavy atom. The molecule has 0 aliphatic heterocycles. The fourth-order valence-electron chi connectivity index (χ4n) is 1.38. The third-order valence-electron chi connectivity index (χ3n) is 2.22. The molecule has 1 aromatic carbocycles. The second-order valence-electron chi connectivity index (χ2n) is 3.42. The Labute approximate surface area is 115 Å². The number of furan rings is 1. The fourth-order valence-corrected chi connectivity index (χ4v) is 2.14. The largest absolute Gasteiger partial charge is 0.475 e. The highest BCUT2D eigenvalue weighted by Gasteiger charge is 2.18. The van der Waals surface area contributed by atoms with Gasteiger partial charge in [-0.05, 0) is 30.3 Å². The Kier molecular flexibility index (Phi) is 3.54. The second kappa shape index (κ2) is 4.96. The number of carbonyl (C=O) groups is 2. The number of rotatable bonds is 3. The van der Waals surface area contributed by atoms with Crippen LogP contribution in [0.25, 0.3) is 0 Å². The Bertz CT molecular complexity index is 633. The predicted molar refractivity (Wildman–Crippen MR) is 68.3 cm³/mol. The number of ketones is 1. The Morgan fingerprint density at radius 1 is 1.17 bits per heavy atom. The molecule has 0 spiro atoms. The van der Waals surface area contributed by atoms with Gasteiger partial charge in [0, 0.05) is 10.0 Å². The van der Waals surface area contributed by atoms with Gasteiger partial charge in [-0.15, -0.1) is 0 Å². The molecule has 92 valence electrons. The van der Waals surface area contributed by atoms with Gasteiger partial charge in [0.15, 0.2) is 5.76 Å². The minimum absolute atomic E-state index is 0.0587. The van der Waals surface area contributed by atoms with Gasteiger partial charge in [0.1, 0.15) is 0 Å². The summed E-state index contributed by atoms with van der Waals surface area (Å²) in [6.07, 6.45) is 0. The van der Waals surface area contributed by atoms with Gasteiger partial charge >= 0.3 is 5.97 Å². The number of carboxylic acid groups (broad SMARTS) is 1. The summed E-state index contributed by atoms with van der Waals surface area (Å²) in [5, 5.41) is 8.97. The smallest absolute Gasteiger partial charge is 0.371 e. The minimum atomic E-state index is -1.23. The number of halogens is 2. The van der Waals surface area contributed by atoms with E-state index >= 15 is 0 Å². The molecule has 1 heterocycles. The van der Waals surface area contributed by atoms with Crippen LogP contribution in [0.15, 0.2) is 39.2 Å². The molecule has 0 radical (unpaired) electrons. The lowest BCUT2D eigenvalue weighted by Gasteiger charge is -2.01. The molecule has 0 amide bonds. The molecule has 1 aromatic heterocycles. The number of carbonyl (C=O) groups excluding carboxylic acids is 1. The van der Waals surface area contributed by atoms with Crippen LogP contribution in [0, 0.1) is 0 Å². The lowest BCUT2D eigenvalue weighted by molar-refractivity contribution is 0.0660. The van der Waals surface area contributed by atoms with Crippen molar-refractivity contribution in [2.75, 3.05) is 0 Å². The van der Waals surface area contributed by atoms with Crippen LogP contribution >= 0.6 is 27.5 Å². The van der Waals surface area contributed by atoms with E-state index in [-0.39, 0.29) is 22.1 Å². The molecule has 0 atom stereocenters. The van der Waals surface area contributed by atoms with E-state index in [4.69, 9.17) is 21.1 Å². The molecule has 2 rings (SSSR count). The van der Waals surface area contributed by atoms with Crippen molar-refractivity contribution in [2.24, 2.45) is 0 Å². The number of aromatic carboxylic acids is 1. The first-order chi connectivity index (χ1) is 8.49. The molecule has 0 fully saturated rings. The van der Waals surface area contributed by atoms with Gasteiger partial charge in [-0.3, -0.25) is 4.79 Å². The van der Waals surface area contributed by atoms with Crippen molar-refractivity contribution in [3.8, 4) is 0 Å². The SMILES string of the molecule is O=C(O)c1ccc(C(=O)c2ccc(Br)cc2Cl)o1. The molecule has 0 aliphatic rings. The lowest BCUT2D eigenvalue weighted by Crippen LogP contribution is -2.01. The van der Waals surface area contributed by atoms with Gasteiger partial charge in [0.25, 0.3) is 0 Å². The van der Waals surface area contributed by atoms with Crippen molar-refractivity contribution < 1.29 is 19.1 Å². The quantitative estimate of drug-likeness (QED) is 0.873. The average molecular weight is 330 g/mol. The van der Waals surface area contributed by atoms with E-state index in [1.165, 1.54) is 18.2 Å². The molecule has 4 nitrogen and oxygen atoms in total. The van der Waals surface area contributed by atoms with Crippen molar-refractivity contribution in [3.05, 3.63) is 56.9 Å². The molecule has 0 saturated heterocycles. The summed E-state index contributed by atoms with van der Waals surface area (Å²) in [5.41, 5.74) is 0.256. The number of hydrogen-bond acceptors (Lipinski definition) is 3. The zero-order valence-electron chi connectivity index (χ0n) is 8.81. The van der Waals surface area contributed by atoms with E-state index in [0.717, 1.165) is 4.47 Å². The van der Waals surface area contributed by atoms with Gasteiger partial charge in [-0.2, -0.15) is 0 Å². The molecule has 0 saturated carbocycles. The first-order valence-electron chi connectivity index (χ1n) is 4.82. The molecule has 1 N–H and O–H groups in total. The van der Waals surface area contributed by atoms with Crippen LogP contribution < -0.4 is 0 Å². The van der Waals surface area contributed by atoms with Crippen LogP contribution in [0.1, 0.15) is 26.7 Å². The van der Waals surface area contributed by atoms with Crippen LogP contribution in [-0.2, 0) is 0 Å². The molecular weight excluding hydrogens is 323 g/mol. The summed E-state index contributed by atoms with van der Waals surface area (Å²) in [6, 6.07) is 7.32. The van der Waals surface area contributed by atoms with E-state index in [0.29, 0.717) is 0 Å². The zero-order chi connectivity index (χ0) is 13.3. The highest BCUT2D eigenvalue weighted by molar-refractivity contribution is 9.10. The second-order valence-corrected chi connectivity index (χ2v) is 4.75. The third-order valence-corrected chi connectivity index (χ3v) is 3.02. The summed E-state index contributed by atoms with van der Waals surface area (Å²) >= 11 is 9.16. The van der Waals surface area contributed by atoms with Crippen LogP contribution in [0.2, 0.25) is 5.02 Å². The summed E-state index contributed by atoms with van der Waals surface area (Å²) in [5.74, 6) is -2.03. The van der Waals surface area contributed by atoms with Gasteiger partial charge in [0.2, 0.25) is 11.5 Å². The highest BCUT2D eigenvalue weighted by atomic mass is 79.9. The molecular formula is C12H6BrClO4. The van der Waals surface area contributed by atoms with E-state index in [1.54, 1.807) is 12.1 Å². The predicted octanol–water partition coefficient (Wildman–Crippen LogP) is 3.62.